The molecule has 1 aliphatic rings. The summed E-state index contributed by atoms with van der Waals surface area (Å²) in [5.41, 5.74) is 1.38. The van der Waals surface area contributed by atoms with Crippen molar-refractivity contribution in [3.63, 3.8) is 0 Å². The van der Waals surface area contributed by atoms with E-state index in [2.05, 4.69) is 10.5 Å². The number of benzene rings is 1. The average molecular weight is 291 g/mol. The van der Waals surface area contributed by atoms with E-state index in [9.17, 15) is 4.79 Å². The summed E-state index contributed by atoms with van der Waals surface area (Å²) in [5.74, 6) is 0.648. The maximum atomic E-state index is 11.8. The molecule has 2 N–H and O–H groups in total. The topological polar surface area (TPSA) is 83.4 Å². The highest BCUT2D eigenvalue weighted by Crippen LogP contribution is 2.17. The fraction of sp³-hybridized carbons (Fsp3) is 0.286. The van der Waals surface area contributed by atoms with Crippen molar-refractivity contribution in [1.82, 2.24) is 5.06 Å². The maximum absolute atomic E-state index is 11.8. The third-order valence-electron chi connectivity index (χ3n) is 2.90. The number of nitrogens with one attached hydrogen (secondary N) is 1. The predicted molar refractivity (Wildman–Crippen MR) is 77.6 cm³/mol. The van der Waals surface area contributed by atoms with Gasteiger partial charge in [-0.2, -0.15) is 0 Å². The maximum Gasteiger partial charge on any atom is 0.430 e. The zero-order chi connectivity index (χ0) is 15.1. The Hall–Kier alpha value is -2.54. The molecule has 0 saturated carbocycles. The van der Waals surface area contributed by atoms with Gasteiger partial charge in [-0.1, -0.05) is 17.3 Å². The second-order valence-electron chi connectivity index (χ2n) is 4.41. The molecule has 0 atom stereocenters. The largest absolute Gasteiger partial charge is 0.497 e. The van der Waals surface area contributed by atoms with E-state index in [0.717, 1.165) is 5.57 Å². The zero-order valence-electron chi connectivity index (χ0n) is 11.7. The van der Waals surface area contributed by atoms with Crippen molar-refractivity contribution in [2.45, 2.75) is 6.42 Å². The van der Waals surface area contributed by atoms with Crippen molar-refractivity contribution in [3.05, 3.63) is 35.9 Å². The Morgan fingerprint density at radius 1 is 1.52 bits per heavy atom. The van der Waals surface area contributed by atoms with E-state index in [1.54, 1.807) is 31.4 Å². The first-order chi connectivity index (χ1) is 10.2. The Morgan fingerprint density at radius 3 is 3.14 bits per heavy atom. The van der Waals surface area contributed by atoms with Crippen molar-refractivity contribution < 1.29 is 19.6 Å². The monoisotopic (exact) mass is 291 g/mol. The van der Waals surface area contributed by atoms with Crippen LogP contribution in [0.3, 0.4) is 0 Å². The first kappa shape index (κ1) is 14.9. The SMILES string of the molecule is COc1cccc(NC(=O)ON2CCC=C(/C=N/O)C2)c1. The molecule has 0 radical (unpaired) electrons. The molecule has 0 spiro atoms. The molecular weight excluding hydrogens is 274 g/mol. The normalized spacial score (nSPS) is 15.6. The summed E-state index contributed by atoms with van der Waals surface area (Å²) in [6.45, 7) is 0.976. The van der Waals surface area contributed by atoms with Crippen LogP contribution >= 0.6 is 0 Å². The number of hydrogen-bond acceptors (Lipinski definition) is 6. The molecule has 0 aromatic heterocycles. The van der Waals surface area contributed by atoms with Crippen LogP contribution in [-0.2, 0) is 4.84 Å². The van der Waals surface area contributed by atoms with Crippen LogP contribution in [0.15, 0.2) is 41.1 Å². The Bertz CT molecular complexity index is 557. The molecule has 1 aromatic rings. The third kappa shape index (κ3) is 4.50. The van der Waals surface area contributed by atoms with Gasteiger partial charge in [-0.3, -0.25) is 5.32 Å². The Labute approximate surface area is 122 Å². The van der Waals surface area contributed by atoms with Gasteiger partial charge in [0.05, 0.1) is 19.9 Å². The standard InChI is InChI=1S/C14H17N3O4/c1-20-13-6-2-5-12(8-13)16-14(18)21-17-7-3-4-11(10-17)9-15-19/h2,4-6,8-9,19H,3,7,10H2,1H3,(H,16,18)/b15-9+. The van der Waals surface area contributed by atoms with E-state index in [0.29, 0.717) is 30.9 Å². The van der Waals surface area contributed by atoms with Gasteiger partial charge in [0.1, 0.15) is 5.75 Å². The van der Waals surface area contributed by atoms with Gasteiger partial charge in [0.15, 0.2) is 0 Å². The van der Waals surface area contributed by atoms with E-state index in [-0.39, 0.29) is 0 Å². The molecule has 0 aliphatic carbocycles. The van der Waals surface area contributed by atoms with Crippen LogP contribution in [-0.4, -0.2) is 42.8 Å². The highest BCUT2D eigenvalue weighted by atomic mass is 16.7. The van der Waals surface area contributed by atoms with Gasteiger partial charge in [0.25, 0.3) is 0 Å². The number of hydroxylamine groups is 2. The molecule has 1 aliphatic heterocycles. The van der Waals surface area contributed by atoms with Crippen LogP contribution in [0.1, 0.15) is 6.42 Å². The van der Waals surface area contributed by atoms with E-state index >= 15 is 0 Å². The summed E-state index contributed by atoms with van der Waals surface area (Å²) in [6, 6.07) is 6.99. The first-order valence-corrected chi connectivity index (χ1v) is 6.45. The van der Waals surface area contributed by atoms with Gasteiger partial charge in [0.2, 0.25) is 0 Å². The molecule has 21 heavy (non-hydrogen) atoms. The van der Waals surface area contributed by atoms with Crippen LogP contribution < -0.4 is 10.1 Å². The number of anilines is 1. The Morgan fingerprint density at radius 2 is 2.38 bits per heavy atom. The van der Waals surface area contributed by atoms with Crippen LogP contribution in [0, 0.1) is 0 Å². The lowest BCUT2D eigenvalue weighted by atomic mass is 10.2. The summed E-state index contributed by atoms with van der Waals surface area (Å²) in [7, 11) is 1.56. The van der Waals surface area contributed by atoms with Crippen molar-refractivity contribution in [2.75, 3.05) is 25.5 Å². The highest BCUT2D eigenvalue weighted by Gasteiger charge is 2.16. The lowest BCUT2D eigenvalue weighted by Crippen LogP contribution is -2.34. The number of amides is 1. The molecule has 7 nitrogen and oxygen atoms in total. The van der Waals surface area contributed by atoms with Crippen molar-refractivity contribution in [2.24, 2.45) is 5.16 Å². The van der Waals surface area contributed by atoms with Crippen molar-refractivity contribution in [1.29, 1.82) is 0 Å². The summed E-state index contributed by atoms with van der Waals surface area (Å²) >= 11 is 0. The zero-order valence-corrected chi connectivity index (χ0v) is 11.7. The van der Waals surface area contributed by atoms with Crippen LogP contribution in [0.25, 0.3) is 0 Å². The van der Waals surface area contributed by atoms with Gasteiger partial charge in [-0.15, -0.1) is 5.06 Å². The Balaban J connectivity index is 1.88. The summed E-state index contributed by atoms with van der Waals surface area (Å²) < 4.78 is 5.08. The lowest BCUT2D eigenvalue weighted by Gasteiger charge is -2.24. The molecule has 112 valence electrons. The molecule has 0 bridgehead atoms. The minimum atomic E-state index is -0.578. The van der Waals surface area contributed by atoms with Crippen LogP contribution in [0.5, 0.6) is 5.75 Å². The third-order valence-corrected chi connectivity index (χ3v) is 2.90. The molecule has 0 unspecified atom stereocenters. The number of carbonyl (C=O) groups is 1. The van der Waals surface area contributed by atoms with E-state index in [4.69, 9.17) is 14.8 Å². The molecule has 1 heterocycles. The number of oxime groups is 1. The molecule has 2 rings (SSSR count). The van der Waals surface area contributed by atoms with E-state index in [1.165, 1.54) is 11.3 Å². The number of methoxy groups -OCH3 is 1. The van der Waals surface area contributed by atoms with E-state index < -0.39 is 6.09 Å². The van der Waals surface area contributed by atoms with Gasteiger partial charge in [-0.05, 0) is 24.1 Å². The number of ether oxygens (including phenoxy) is 1. The second-order valence-corrected chi connectivity index (χ2v) is 4.41. The quantitative estimate of drug-likeness (QED) is 0.505. The van der Waals surface area contributed by atoms with Crippen LogP contribution in [0.4, 0.5) is 10.5 Å². The van der Waals surface area contributed by atoms with Crippen LogP contribution in [0.2, 0.25) is 0 Å². The Kier molecular flexibility index (Phi) is 5.16. The number of rotatable bonds is 4. The number of carbonyl (C=O) groups excluding carboxylic acids is 1. The summed E-state index contributed by atoms with van der Waals surface area (Å²) in [6.07, 6.45) is 3.40. The molecule has 1 aromatic carbocycles. The van der Waals surface area contributed by atoms with Gasteiger partial charge in [-0.25, -0.2) is 4.79 Å². The van der Waals surface area contributed by atoms with Gasteiger partial charge >= 0.3 is 6.09 Å². The molecule has 1 amide bonds. The van der Waals surface area contributed by atoms with E-state index in [1.807, 2.05) is 6.08 Å². The molecule has 7 heteroatoms. The molecule has 0 fully saturated rings. The number of hydrogen-bond donors (Lipinski definition) is 2. The average Bonchev–Trinajstić information content (AvgIpc) is 2.48. The lowest BCUT2D eigenvalue weighted by molar-refractivity contribution is -0.0872. The van der Waals surface area contributed by atoms with Gasteiger partial charge in [0, 0.05) is 18.3 Å². The fourth-order valence-electron chi connectivity index (χ4n) is 1.95. The fourth-order valence-corrected chi connectivity index (χ4v) is 1.95. The molecular formula is C14H17N3O4. The number of nitrogens with zero attached hydrogens (tertiary/aromatic N) is 2. The smallest absolute Gasteiger partial charge is 0.430 e. The minimum absolute atomic E-state index is 0.385. The second kappa shape index (κ2) is 7.30. The summed E-state index contributed by atoms with van der Waals surface area (Å²) in [5, 5.41) is 15.6. The first-order valence-electron chi connectivity index (χ1n) is 6.45. The van der Waals surface area contributed by atoms with Crippen molar-refractivity contribution in [3.8, 4) is 5.75 Å². The minimum Gasteiger partial charge on any atom is -0.497 e. The molecule has 0 saturated heterocycles. The predicted octanol–water partition coefficient (Wildman–Crippen LogP) is 2.25. The van der Waals surface area contributed by atoms with Gasteiger partial charge < -0.3 is 14.8 Å². The summed E-state index contributed by atoms with van der Waals surface area (Å²) in [4.78, 5) is 17.0. The van der Waals surface area contributed by atoms with Crippen molar-refractivity contribution >= 4 is 18.0 Å². The highest BCUT2D eigenvalue weighted by molar-refractivity contribution is 5.84.